The molecule has 5 nitrogen and oxygen atoms in total. The minimum absolute atomic E-state index is 0.0298. The Morgan fingerprint density at radius 1 is 1.50 bits per heavy atom. The average Bonchev–Trinajstić information content (AvgIpc) is 2.37. The van der Waals surface area contributed by atoms with Crippen molar-refractivity contribution in [2.24, 2.45) is 0 Å². The van der Waals surface area contributed by atoms with Gasteiger partial charge in [0.25, 0.3) is 5.69 Å². The van der Waals surface area contributed by atoms with E-state index in [1.807, 2.05) is 7.05 Å². The van der Waals surface area contributed by atoms with Crippen LogP contribution in [0.15, 0.2) is 18.2 Å². The fraction of sp³-hybridized carbons (Fsp3) is 0.538. The highest BCUT2D eigenvalue weighted by molar-refractivity contribution is 5.55. The third-order valence-electron chi connectivity index (χ3n) is 3.20. The van der Waals surface area contributed by atoms with Gasteiger partial charge in [-0.3, -0.25) is 10.1 Å². The number of anilines is 1. The van der Waals surface area contributed by atoms with E-state index in [-0.39, 0.29) is 12.3 Å². The third kappa shape index (κ3) is 3.20. The minimum Gasteiger partial charge on any atom is -0.391 e. The van der Waals surface area contributed by atoms with Crippen LogP contribution in [0.2, 0.25) is 0 Å². The molecular formula is C13H20N2O3. The molecule has 0 radical (unpaired) electrons. The Hall–Kier alpha value is -1.62. The molecule has 0 saturated heterocycles. The van der Waals surface area contributed by atoms with Gasteiger partial charge in [-0.1, -0.05) is 13.3 Å². The Kier molecular flexibility index (Phi) is 5.09. The molecule has 18 heavy (non-hydrogen) atoms. The van der Waals surface area contributed by atoms with Gasteiger partial charge in [0.05, 0.1) is 17.1 Å². The van der Waals surface area contributed by atoms with E-state index in [1.54, 1.807) is 12.1 Å². The molecule has 0 aliphatic rings. The van der Waals surface area contributed by atoms with Crippen molar-refractivity contribution in [3.05, 3.63) is 33.9 Å². The van der Waals surface area contributed by atoms with Crippen LogP contribution >= 0.6 is 0 Å². The zero-order chi connectivity index (χ0) is 13.7. The minimum atomic E-state index is -0.467. The predicted octanol–water partition coefficient (Wildman–Crippen LogP) is 2.71. The highest BCUT2D eigenvalue weighted by atomic mass is 16.6. The van der Waals surface area contributed by atoms with Gasteiger partial charge in [-0.05, 0) is 25.5 Å². The molecule has 0 bridgehead atoms. The Morgan fingerprint density at radius 2 is 2.17 bits per heavy atom. The van der Waals surface area contributed by atoms with Crippen molar-refractivity contribution in [1.82, 2.24) is 0 Å². The van der Waals surface area contributed by atoms with Crippen molar-refractivity contribution < 1.29 is 10.0 Å². The van der Waals surface area contributed by atoms with Crippen LogP contribution in [0.4, 0.5) is 11.4 Å². The van der Waals surface area contributed by atoms with Gasteiger partial charge in [-0.25, -0.2) is 0 Å². The maximum atomic E-state index is 10.8. The average molecular weight is 252 g/mol. The van der Waals surface area contributed by atoms with Crippen molar-refractivity contribution in [3.63, 3.8) is 0 Å². The number of hydrogen-bond acceptors (Lipinski definition) is 4. The highest BCUT2D eigenvalue weighted by Gasteiger charge is 2.16. The highest BCUT2D eigenvalue weighted by Crippen LogP contribution is 2.26. The second kappa shape index (κ2) is 6.35. The summed E-state index contributed by atoms with van der Waals surface area (Å²) < 4.78 is 0. The molecule has 100 valence electrons. The molecule has 0 amide bonds. The van der Waals surface area contributed by atoms with Gasteiger partial charge in [-0.2, -0.15) is 0 Å². The molecule has 0 saturated carbocycles. The van der Waals surface area contributed by atoms with Gasteiger partial charge in [-0.15, -0.1) is 0 Å². The molecule has 0 aliphatic carbocycles. The van der Waals surface area contributed by atoms with Crippen molar-refractivity contribution in [2.45, 2.75) is 39.3 Å². The van der Waals surface area contributed by atoms with E-state index in [4.69, 9.17) is 0 Å². The van der Waals surface area contributed by atoms with E-state index >= 15 is 0 Å². The van der Waals surface area contributed by atoms with Gasteiger partial charge >= 0.3 is 0 Å². The number of nitrogens with zero attached hydrogens (tertiary/aromatic N) is 2. The topological polar surface area (TPSA) is 66.6 Å². The van der Waals surface area contributed by atoms with E-state index < -0.39 is 4.92 Å². The molecule has 1 aromatic rings. The zero-order valence-electron chi connectivity index (χ0n) is 11.1. The first kappa shape index (κ1) is 14.4. The molecule has 5 heteroatoms. The van der Waals surface area contributed by atoms with Crippen LogP contribution in [-0.4, -0.2) is 23.1 Å². The van der Waals surface area contributed by atoms with E-state index in [1.165, 1.54) is 6.07 Å². The van der Waals surface area contributed by atoms with E-state index in [0.29, 0.717) is 11.6 Å². The Balaban J connectivity index is 3.01. The number of aliphatic hydroxyl groups is 1. The molecular weight excluding hydrogens is 232 g/mol. The van der Waals surface area contributed by atoms with Gasteiger partial charge in [0.15, 0.2) is 0 Å². The quantitative estimate of drug-likeness (QED) is 0.624. The molecule has 0 aromatic heterocycles. The maximum Gasteiger partial charge on any atom is 0.275 e. The van der Waals surface area contributed by atoms with Crippen LogP contribution in [0.5, 0.6) is 0 Å². The molecule has 0 aliphatic heterocycles. The number of nitro groups is 1. The van der Waals surface area contributed by atoms with Crippen molar-refractivity contribution >= 4 is 11.4 Å². The Bertz CT molecular complexity index is 421. The second-order valence-corrected chi connectivity index (χ2v) is 4.48. The van der Waals surface area contributed by atoms with Crippen molar-refractivity contribution in [3.8, 4) is 0 Å². The largest absolute Gasteiger partial charge is 0.391 e. The first-order valence-corrected chi connectivity index (χ1v) is 6.12. The molecule has 1 aromatic carbocycles. The van der Waals surface area contributed by atoms with Crippen LogP contribution in [0.1, 0.15) is 32.3 Å². The second-order valence-electron chi connectivity index (χ2n) is 4.48. The Morgan fingerprint density at radius 3 is 2.67 bits per heavy atom. The molecule has 0 heterocycles. The summed E-state index contributed by atoms with van der Waals surface area (Å²) in [6.07, 6.45) is 2.15. The maximum absolute atomic E-state index is 10.8. The fourth-order valence-corrected chi connectivity index (χ4v) is 1.96. The number of aliphatic hydroxyl groups excluding tert-OH is 1. The molecule has 1 N–H and O–H groups in total. The standard InChI is InChI=1S/C13H20N2O3/c1-4-5-10(2)14(3)12-6-7-13(15(17)18)11(8-12)9-16/h6-8,10,16H,4-5,9H2,1-3H3. The monoisotopic (exact) mass is 252 g/mol. The van der Waals surface area contributed by atoms with Gasteiger partial charge in [0.1, 0.15) is 0 Å². The van der Waals surface area contributed by atoms with Gasteiger partial charge in [0.2, 0.25) is 0 Å². The predicted molar refractivity (Wildman–Crippen MR) is 71.8 cm³/mol. The number of nitro benzene ring substituents is 1. The SMILES string of the molecule is CCCC(C)N(C)c1ccc([N+](=O)[O-])c(CO)c1. The summed E-state index contributed by atoms with van der Waals surface area (Å²) >= 11 is 0. The molecule has 1 unspecified atom stereocenters. The van der Waals surface area contributed by atoms with Gasteiger partial charge in [0, 0.05) is 24.8 Å². The van der Waals surface area contributed by atoms with Crippen LogP contribution in [0, 0.1) is 10.1 Å². The summed E-state index contributed by atoms with van der Waals surface area (Å²) in [6.45, 7) is 3.92. The summed E-state index contributed by atoms with van der Waals surface area (Å²) in [4.78, 5) is 12.4. The first-order valence-electron chi connectivity index (χ1n) is 6.12. The molecule has 1 atom stereocenters. The van der Waals surface area contributed by atoms with E-state index in [9.17, 15) is 15.2 Å². The van der Waals surface area contributed by atoms with Crippen molar-refractivity contribution in [1.29, 1.82) is 0 Å². The molecule has 0 spiro atoms. The lowest BCUT2D eigenvalue weighted by molar-refractivity contribution is -0.385. The summed E-state index contributed by atoms with van der Waals surface area (Å²) in [7, 11) is 1.96. The van der Waals surface area contributed by atoms with Crippen molar-refractivity contribution in [2.75, 3.05) is 11.9 Å². The first-order chi connectivity index (χ1) is 8.51. The number of hydrogen-bond donors (Lipinski definition) is 1. The lowest BCUT2D eigenvalue weighted by Gasteiger charge is -2.27. The van der Waals surface area contributed by atoms with Crippen LogP contribution in [-0.2, 0) is 6.61 Å². The molecule has 1 rings (SSSR count). The summed E-state index contributed by atoms with van der Waals surface area (Å²) in [6, 6.07) is 5.23. The summed E-state index contributed by atoms with van der Waals surface area (Å²) in [5.41, 5.74) is 1.22. The lowest BCUT2D eigenvalue weighted by Crippen LogP contribution is -2.28. The smallest absolute Gasteiger partial charge is 0.275 e. The fourth-order valence-electron chi connectivity index (χ4n) is 1.96. The van der Waals surface area contributed by atoms with Crippen LogP contribution in [0.25, 0.3) is 0 Å². The van der Waals surface area contributed by atoms with Crippen LogP contribution in [0.3, 0.4) is 0 Å². The third-order valence-corrected chi connectivity index (χ3v) is 3.20. The van der Waals surface area contributed by atoms with E-state index in [2.05, 4.69) is 18.7 Å². The van der Waals surface area contributed by atoms with Gasteiger partial charge < -0.3 is 10.0 Å². The zero-order valence-corrected chi connectivity index (χ0v) is 11.1. The summed E-state index contributed by atoms with van der Waals surface area (Å²) in [5, 5.41) is 20.0. The summed E-state index contributed by atoms with van der Waals surface area (Å²) in [5.74, 6) is 0. The number of rotatable bonds is 6. The lowest BCUT2D eigenvalue weighted by atomic mass is 10.1. The number of benzene rings is 1. The van der Waals surface area contributed by atoms with Crippen LogP contribution < -0.4 is 4.90 Å². The van der Waals surface area contributed by atoms with E-state index in [0.717, 1.165) is 18.5 Å². The molecule has 0 fully saturated rings. The normalized spacial score (nSPS) is 12.2. The Labute approximate surface area is 107 Å².